The lowest BCUT2D eigenvalue weighted by Crippen LogP contribution is -2.59. The van der Waals surface area contributed by atoms with Crippen molar-refractivity contribution in [3.63, 3.8) is 0 Å². The highest BCUT2D eigenvalue weighted by Crippen LogP contribution is 2.36. The monoisotopic (exact) mass is 608 g/mol. The normalized spacial score (nSPS) is 21.3. The van der Waals surface area contributed by atoms with Gasteiger partial charge >= 0.3 is 18.0 Å². The molecule has 0 radical (unpaired) electrons. The number of benzene rings is 2. The number of likely N-dealkylation sites (tertiary alicyclic amines) is 1. The Labute approximate surface area is 254 Å². The van der Waals surface area contributed by atoms with Crippen molar-refractivity contribution in [2.75, 3.05) is 58.5 Å². The van der Waals surface area contributed by atoms with E-state index < -0.39 is 41.6 Å². The zero-order valence-corrected chi connectivity index (χ0v) is 24.5. The van der Waals surface area contributed by atoms with Gasteiger partial charge in [0.2, 0.25) is 0 Å². The van der Waals surface area contributed by atoms with Gasteiger partial charge in [0, 0.05) is 51.8 Å². The summed E-state index contributed by atoms with van der Waals surface area (Å²) < 4.78 is 38.1. The topological polar surface area (TPSA) is 128 Å². The van der Waals surface area contributed by atoms with E-state index in [-0.39, 0.29) is 30.3 Å². The predicted molar refractivity (Wildman–Crippen MR) is 156 cm³/mol. The number of nitrogens with zero attached hydrogens (tertiary/aromatic N) is 5. The summed E-state index contributed by atoms with van der Waals surface area (Å²) in [6, 6.07) is 10.1. The molecule has 4 amide bonds. The van der Waals surface area contributed by atoms with Gasteiger partial charge in [-0.15, -0.1) is 0 Å². The first kappa shape index (κ1) is 31.0. The molecule has 2 fully saturated rings. The van der Waals surface area contributed by atoms with Crippen LogP contribution in [-0.4, -0.2) is 93.1 Å². The van der Waals surface area contributed by atoms with Crippen LogP contribution in [0.2, 0.25) is 0 Å². The molecule has 0 spiro atoms. The maximum absolute atomic E-state index is 14.3. The number of hydrogen-bond acceptors (Lipinski definition) is 8. The van der Waals surface area contributed by atoms with E-state index in [9.17, 15) is 28.4 Å². The minimum absolute atomic E-state index is 0.0138. The first-order valence-corrected chi connectivity index (χ1v) is 14.4. The van der Waals surface area contributed by atoms with Crippen LogP contribution in [0.4, 0.5) is 24.1 Å². The number of urea groups is 2. The van der Waals surface area contributed by atoms with Crippen LogP contribution in [0.1, 0.15) is 30.0 Å². The third-order valence-corrected chi connectivity index (χ3v) is 8.52. The Kier molecular flexibility index (Phi) is 9.51. The van der Waals surface area contributed by atoms with E-state index in [1.165, 1.54) is 13.2 Å². The molecule has 44 heavy (non-hydrogen) atoms. The van der Waals surface area contributed by atoms with Gasteiger partial charge in [-0.1, -0.05) is 18.2 Å². The number of imide groups is 1. The molecule has 2 aromatic carbocycles. The fraction of sp³-hybridized carbons (Fsp3) is 0.452. The molecule has 2 atom stereocenters. The largest absolute Gasteiger partial charge is 0.468 e. The molecule has 3 aliphatic rings. The Morgan fingerprint density at radius 3 is 2.48 bits per heavy atom. The number of esters is 1. The van der Waals surface area contributed by atoms with Gasteiger partial charge in [0.1, 0.15) is 12.0 Å². The SMILES string of the molecule is COCC1=NC(=O)N(C(=O)NCC2CN(C3CCN(c4ccccc4C#N)CC3)C2)[C@@H](c2ccc(F)c(F)c2)C1C(=O)OC. The van der Waals surface area contributed by atoms with Gasteiger partial charge in [0.05, 0.1) is 36.7 Å². The first-order chi connectivity index (χ1) is 21.2. The van der Waals surface area contributed by atoms with E-state index in [0.717, 1.165) is 68.9 Å². The number of carbonyl (C=O) groups excluding carboxylic acids is 3. The van der Waals surface area contributed by atoms with Gasteiger partial charge in [-0.3, -0.25) is 9.69 Å². The Hall–Kier alpha value is -4.41. The average molecular weight is 609 g/mol. The Morgan fingerprint density at radius 1 is 1.09 bits per heavy atom. The van der Waals surface area contributed by atoms with Crippen molar-refractivity contribution in [1.82, 2.24) is 15.1 Å². The summed E-state index contributed by atoms with van der Waals surface area (Å²) in [5, 5.41) is 12.2. The molecule has 0 saturated carbocycles. The van der Waals surface area contributed by atoms with E-state index in [0.29, 0.717) is 11.6 Å². The zero-order valence-electron chi connectivity index (χ0n) is 24.5. The number of anilines is 1. The third kappa shape index (κ3) is 6.27. The highest BCUT2D eigenvalue weighted by Gasteiger charge is 2.47. The summed E-state index contributed by atoms with van der Waals surface area (Å²) in [7, 11) is 2.50. The van der Waals surface area contributed by atoms with Crippen LogP contribution in [0.3, 0.4) is 0 Å². The molecule has 2 aromatic rings. The molecule has 3 heterocycles. The van der Waals surface area contributed by atoms with Crippen molar-refractivity contribution in [3.05, 3.63) is 65.2 Å². The molecule has 13 heteroatoms. The van der Waals surface area contributed by atoms with Gasteiger partial charge < -0.3 is 19.7 Å². The Balaban J connectivity index is 1.22. The first-order valence-electron chi connectivity index (χ1n) is 14.4. The highest BCUT2D eigenvalue weighted by molar-refractivity contribution is 6.12. The summed E-state index contributed by atoms with van der Waals surface area (Å²) in [5.41, 5.74) is 1.67. The lowest BCUT2D eigenvalue weighted by molar-refractivity contribution is -0.144. The van der Waals surface area contributed by atoms with Crippen molar-refractivity contribution in [2.45, 2.75) is 24.9 Å². The summed E-state index contributed by atoms with van der Waals surface area (Å²) in [4.78, 5) is 48.8. The van der Waals surface area contributed by atoms with E-state index in [2.05, 4.69) is 26.2 Å². The molecule has 0 aliphatic carbocycles. The van der Waals surface area contributed by atoms with Gasteiger partial charge in [0.25, 0.3) is 0 Å². The smallest absolute Gasteiger partial charge is 0.352 e. The Morgan fingerprint density at radius 2 is 1.82 bits per heavy atom. The van der Waals surface area contributed by atoms with E-state index >= 15 is 0 Å². The lowest BCUT2D eigenvalue weighted by atomic mass is 9.86. The number of ether oxygens (including phenoxy) is 2. The zero-order chi connectivity index (χ0) is 31.4. The van der Waals surface area contributed by atoms with Crippen molar-refractivity contribution in [1.29, 1.82) is 5.26 Å². The van der Waals surface area contributed by atoms with Crippen LogP contribution < -0.4 is 10.2 Å². The fourth-order valence-corrected chi connectivity index (χ4v) is 6.28. The van der Waals surface area contributed by atoms with E-state index in [4.69, 9.17) is 9.47 Å². The fourth-order valence-electron chi connectivity index (χ4n) is 6.28. The second-order valence-electron chi connectivity index (χ2n) is 11.2. The molecule has 5 rings (SSSR count). The van der Waals surface area contributed by atoms with Crippen LogP contribution in [0.15, 0.2) is 47.5 Å². The summed E-state index contributed by atoms with van der Waals surface area (Å²) >= 11 is 0. The molecule has 1 unspecified atom stereocenters. The number of halogens is 2. The number of piperidine rings is 1. The maximum Gasteiger partial charge on any atom is 0.352 e. The number of nitriles is 1. The molecular weight excluding hydrogens is 574 g/mol. The molecule has 0 aromatic heterocycles. The molecule has 3 aliphatic heterocycles. The minimum Gasteiger partial charge on any atom is -0.468 e. The van der Waals surface area contributed by atoms with Crippen molar-refractivity contribution in [2.24, 2.45) is 16.8 Å². The highest BCUT2D eigenvalue weighted by atomic mass is 19.2. The second-order valence-corrected chi connectivity index (χ2v) is 11.2. The van der Waals surface area contributed by atoms with Crippen LogP contribution in [-0.2, 0) is 14.3 Å². The molecule has 11 nitrogen and oxygen atoms in total. The van der Waals surface area contributed by atoms with Crippen LogP contribution in [0, 0.1) is 34.8 Å². The van der Waals surface area contributed by atoms with Crippen LogP contribution in [0.5, 0.6) is 0 Å². The predicted octanol–water partition coefficient (Wildman–Crippen LogP) is 3.50. The number of amides is 4. The number of para-hydroxylation sites is 1. The number of aliphatic imine (C=N–C) groups is 1. The van der Waals surface area contributed by atoms with Crippen molar-refractivity contribution in [3.8, 4) is 6.07 Å². The Bertz CT molecular complexity index is 1480. The van der Waals surface area contributed by atoms with Gasteiger partial charge in [-0.05, 0) is 42.7 Å². The van der Waals surface area contributed by atoms with Crippen LogP contribution in [0.25, 0.3) is 0 Å². The lowest BCUT2D eigenvalue weighted by Gasteiger charge is -2.47. The molecule has 1 N–H and O–H groups in total. The number of rotatable bonds is 8. The molecule has 232 valence electrons. The van der Waals surface area contributed by atoms with Gasteiger partial charge in [-0.25, -0.2) is 23.3 Å². The summed E-state index contributed by atoms with van der Waals surface area (Å²) in [6.45, 7) is 3.29. The number of nitrogens with one attached hydrogen (secondary N) is 1. The summed E-state index contributed by atoms with van der Waals surface area (Å²) in [6.07, 6.45) is 1.90. The number of hydrogen-bond donors (Lipinski definition) is 1. The molecular formula is C31H34F2N6O5. The van der Waals surface area contributed by atoms with E-state index in [1.807, 2.05) is 24.3 Å². The van der Waals surface area contributed by atoms with Gasteiger partial charge in [0.15, 0.2) is 11.6 Å². The van der Waals surface area contributed by atoms with Crippen LogP contribution >= 0.6 is 0 Å². The average Bonchev–Trinajstić information content (AvgIpc) is 3.01. The second kappa shape index (κ2) is 13.5. The summed E-state index contributed by atoms with van der Waals surface area (Å²) in [5.74, 6) is -4.25. The standard InChI is InChI=1S/C31H34F2N6O5/c1-43-18-25-27(29(40)44-2)28(20-7-8-23(32)24(33)13-20)39(31(42)36-25)30(41)35-15-19-16-38(17-19)22-9-11-37(12-10-22)26-6-4-3-5-21(26)14-34/h3-8,13,19,22,27-28H,9-12,15-18H2,1-2H3,(H,35,41)/t27?,28-/m0/s1. The van der Waals surface area contributed by atoms with Crippen molar-refractivity contribution >= 4 is 29.4 Å². The van der Waals surface area contributed by atoms with Gasteiger partial charge in [-0.2, -0.15) is 10.3 Å². The maximum atomic E-state index is 14.3. The number of methoxy groups -OCH3 is 2. The van der Waals surface area contributed by atoms with E-state index in [1.54, 1.807) is 0 Å². The van der Waals surface area contributed by atoms with Crippen molar-refractivity contribution < 1.29 is 32.6 Å². The quantitative estimate of drug-likeness (QED) is 0.452. The molecule has 2 saturated heterocycles. The molecule has 0 bridgehead atoms. The third-order valence-electron chi connectivity index (χ3n) is 8.52. The minimum atomic E-state index is -1.33. The number of carbonyl (C=O) groups is 3.